The Kier molecular flexibility index (Phi) is 4.76. The van der Waals surface area contributed by atoms with Gasteiger partial charge in [0.1, 0.15) is 0 Å². The van der Waals surface area contributed by atoms with Gasteiger partial charge in [0.25, 0.3) is 5.69 Å². The predicted molar refractivity (Wildman–Crippen MR) is 95.2 cm³/mol. The average Bonchev–Trinajstić information content (AvgIpc) is 2.91. The predicted octanol–water partition coefficient (Wildman–Crippen LogP) is 4.90. The molecule has 1 aliphatic heterocycles. The second kappa shape index (κ2) is 6.84. The van der Waals surface area contributed by atoms with Crippen molar-refractivity contribution in [3.63, 3.8) is 0 Å². The van der Waals surface area contributed by atoms with Gasteiger partial charge in [0.05, 0.1) is 15.5 Å². The van der Waals surface area contributed by atoms with Crippen molar-refractivity contribution < 1.29 is 14.5 Å². The van der Waals surface area contributed by atoms with Crippen LogP contribution in [-0.4, -0.2) is 16.8 Å². The topological polar surface area (TPSA) is 81.8 Å². The van der Waals surface area contributed by atoms with E-state index < -0.39 is 10.9 Å². The molecule has 0 spiro atoms. The average molecular weight is 398 g/mol. The van der Waals surface area contributed by atoms with Crippen LogP contribution in [0.5, 0.6) is 0 Å². The van der Waals surface area contributed by atoms with Crippen LogP contribution in [-0.2, 0) is 9.53 Å². The van der Waals surface area contributed by atoms with E-state index in [4.69, 9.17) is 39.5 Å². The largest absolute Gasteiger partial charge is 0.402 e. The molecule has 0 aromatic heterocycles. The first-order valence-electron chi connectivity index (χ1n) is 6.77. The van der Waals surface area contributed by atoms with Crippen LogP contribution in [0.3, 0.4) is 0 Å². The zero-order valence-corrected chi connectivity index (χ0v) is 14.5. The second-order valence-electron chi connectivity index (χ2n) is 4.92. The van der Waals surface area contributed by atoms with Gasteiger partial charge in [-0.1, -0.05) is 40.9 Å². The number of nitro benzene ring substituents is 1. The summed E-state index contributed by atoms with van der Waals surface area (Å²) in [7, 11) is 0. The number of rotatable bonds is 3. The van der Waals surface area contributed by atoms with E-state index in [2.05, 4.69) is 4.99 Å². The number of esters is 1. The molecule has 0 saturated carbocycles. The van der Waals surface area contributed by atoms with E-state index in [1.54, 1.807) is 12.1 Å². The van der Waals surface area contributed by atoms with Gasteiger partial charge in [-0.25, -0.2) is 9.79 Å². The summed E-state index contributed by atoms with van der Waals surface area (Å²) in [5.74, 6) is -0.835. The monoisotopic (exact) mass is 396 g/mol. The number of hydrogen-bond acceptors (Lipinski definition) is 5. The lowest BCUT2D eigenvalue weighted by Gasteiger charge is -2.02. The number of cyclic esters (lactones) is 1. The SMILES string of the molecule is O=C1OC(c2cc([N+](=O)[O-])ccc2Cl)=NC1=Cc1ccc(Cl)cc1Cl. The molecule has 25 heavy (non-hydrogen) atoms. The maximum absolute atomic E-state index is 12.0. The van der Waals surface area contributed by atoms with Crippen LogP contribution in [0.4, 0.5) is 5.69 Å². The highest BCUT2D eigenvalue weighted by atomic mass is 35.5. The summed E-state index contributed by atoms with van der Waals surface area (Å²) >= 11 is 17.9. The highest BCUT2D eigenvalue weighted by molar-refractivity contribution is 6.36. The van der Waals surface area contributed by atoms with Gasteiger partial charge in [-0.15, -0.1) is 0 Å². The van der Waals surface area contributed by atoms with Gasteiger partial charge in [-0.2, -0.15) is 0 Å². The van der Waals surface area contributed by atoms with Crippen molar-refractivity contribution in [1.82, 2.24) is 0 Å². The Labute approximate surface area is 156 Å². The van der Waals surface area contributed by atoms with Gasteiger partial charge >= 0.3 is 5.97 Å². The molecule has 0 unspecified atom stereocenters. The Balaban J connectivity index is 2.02. The highest BCUT2D eigenvalue weighted by Gasteiger charge is 2.27. The maximum Gasteiger partial charge on any atom is 0.363 e. The molecule has 2 aromatic rings. The molecule has 3 rings (SSSR count). The van der Waals surface area contributed by atoms with Crippen molar-refractivity contribution >= 4 is 58.4 Å². The number of aliphatic imine (C=N–C) groups is 1. The zero-order chi connectivity index (χ0) is 18.1. The number of carbonyl (C=O) groups excluding carboxylic acids is 1. The Morgan fingerprint density at radius 3 is 2.52 bits per heavy atom. The van der Waals surface area contributed by atoms with Gasteiger partial charge in [-0.05, 0) is 29.8 Å². The number of carbonyl (C=O) groups is 1. The molecule has 2 aromatic carbocycles. The molecule has 0 atom stereocenters. The maximum atomic E-state index is 12.0. The fraction of sp³-hybridized carbons (Fsp3) is 0. The fourth-order valence-corrected chi connectivity index (χ4v) is 2.74. The second-order valence-corrected chi connectivity index (χ2v) is 6.17. The molecule has 0 N–H and O–H groups in total. The summed E-state index contributed by atoms with van der Waals surface area (Å²) in [4.78, 5) is 26.4. The minimum Gasteiger partial charge on any atom is -0.402 e. The molecule has 0 radical (unpaired) electrons. The van der Waals surface area contributed by atoms with E-state index in [1.807, 2.05) is 0 Å². The van der Waals surface area contributed by atoms with Crippen LogP contribution >= 0.6 is 34.8 Å². The van der Waals surface area contributed by atoms with Crippen molar-refractivity contribution in [3.05, 3.63) is 78.4 Å². The van der Waals surface area contributed by atoms with Crippen molar-refractivity contribution in [2.75, 3.05) is 0 Å². The summed E-state index contributed by atoms with van der Waals surface area (Å²) in [5, 5.41) is 11.9. The van der Waals surface area contributed by atoms with E-state index >= 15 is 0 Å². The molecule has 6 nitrogen and oxygen atoms in total. The lowest BCUT2D eigenvalue weighted by Crippen LogP contribution is -2.06. The molecule has 0 bridgehead atoms. The molecule has 1 heterocycles. The van der Waals surface area contributed by atoms with Crippen molar-refractivity contribution in [2.24, 2.45) is 4.99 Å². The minimum atomic E-state index is -0.719. The van der Waals surface area contributed by atoms with Gasteiger partial charge in [0.15, 0.2) is 5.70 Å². The fourth-order valence-electron chi connectivity index (χ4n) is 2.08. The summed E-state index contributed by atoms with van der Waals surface area (Å²) in [6, 6.07) is 8.53. The third-order valence-corrected chi connectivity index (χ3v) is 4.16. The molecule has 126 valence electrons. The van der Waals surface area contributed by atoms with Crippen LogP contribution in [0.25, 0.3) is 6.08 Å². The van der Waals surface area contributed by atoms with E-state index in [-0.39, 0.29) is 27.9 Å². The molecule has 1 aliphatic rings. The summed E-state index contributed by atoms with van der Waals surface area (Å²) < 4.78 is 5.08. The third kappa shape index (κ3) is 3.66. The Bertz CT molecular complexity index is 970. The summed E-state index contributed by atoms with van der Waals surface area (Å²) in [5.41, 5.74) is 0.459. The summed E-state index contributed by atoms with van der Waals surface area (Å²) in [6.07, 6.45) is 1.43. The number of non-ortho nitro benzene ring substituents is 1. The number of nitro groups is 1. The Morgan fingerprint density at radius 2 is 1.84 bits per heavy atom. The number of halogens is 3. The summed E-state index contributed by atoms with van der Waals surface area (Å²) in [6.45, 7) is 0. The number of benzene rings is 2. The normalized spacial score (nSPS) is 15.2. The van der Waals surface area contributed by atoms with Crippen molar-refractivity contribution in [1.29, 1.82) is 0 Å². The number of nitrogens with zero attached hydrogens (tertiary/aromatic N) is 2. The highest BCUT2D eigenvalue weighted by Crippen LogP contribution is 2.29. The molecular weight excluding hydrogens is 391 g/mol. The molecule has 9 heteroatoms. The molecular formula is C16H7Cl3N2O4. The van der Waals surface area contributed by atoms with Crippen LogP contribution in [0, 0.1) is 10.1 Å². The first-order valence-corrected chi connectivity index (χ1v) is 7.90. The van der Waals surface area contributed by atoms with Crippen molar-refractivity contribution in [3.8, 4) is 0 Å². The zero-order valence-electron chi connectivity index (χ0n) is 12.2. The lowest BCUT2D eigenvalue weighted by molar-refractivity contribution is -0.384. The molecule has 0 fully saturated rings. The van der Waals surface area contributed by atoms with Gasteiger partial charge < -0.3 is 4.74 Å². The quantitative estimate of drug-likeness (QED) is 0.319. The first kappa shape index (κ1) is 17.4. The van der Waals surface area contributed by atoms with Crippen molar-refractivity contribution in [2.45, 2.75) is 0 Å². The van der Waals surface area contributed by atoms with Gasteiger partial charge in [-0.3, -0.25) is 10.1 Å². The van der Waals surface area contributed by atoms with Gasteiger partial charge in [0.2, 0.25) is 5.90 Å². The van der Waals surface area contributed by atoms with E-state index in [1.165, 1.54) is 30.3 Å². The van der Waals surface area contributed by atoms with E-state index in [0.717, 1.165) is 0 Å². The van der Waals surface area contributed by atoms with Crippen LogP contribution in [0.1, 0.15) is 11.1 Å². The lowest BCUT2D eigenvalue weighted by atomic mass is 10.2. The van der Waals surface area contributed by atoms with Crippen LogP contribution in [0.15, 0.2) is 47.1 Å². The first-order chi connectivity index (χ1) is 11.8. The molecule has 0 aliphatic carbocycles. The number of ether oxygens (including phenoxy) is 1. The third-order valence-electron chi connectivity index (χ3n) is 3.27. The Morgan fingerprint density at radius 1 is 1.08 bits per heavy atom. The smallest absolute Gasteiger partial charge is 0.363 e. The molecule has 0 amide bonds. The van der Waals surface area contributed by atoms with Crippen LogP contribution < -0.4 is 0 Å². The minimum absolute atomic E-state index is 0.0122. The van der Waals surface area contributed by atoms with Gasteiger partial charge in [0, 0.05) is 22.2 Å². The standard InChI is InChI=1S/C16H7Cl3N2O4/c17-9-2-1-8(13(19)6-9)5-14-16(22)25-15(20-14)11-7-10(21(23)24)3-4-12(11)18/h1-7H. The molecule has 0 saturated heterocycles. The van der Waals surface area contributed by atoms with Crippen LogP contribution in [0.2, 0.25) is 15.1 Å². The van der Waals surface area contributed by atoms with E-state index in [9.17, 15) is 14.9 Å². The number of hydrogen-bond donors (Lipinski definition) is 0. The Hall–Kier alpha value is -2.41. The van der Waals surface area contributed by atoms with E-state index in [0.29, 0.717) is 15.6 Å².